The number of alkyl halides is 3. The summed E-state index contributed by atoms with van der Waals surface area (Å²) in [5, 5.41) is 13.9. The molecule has 0 spiro atoms. The average Bonchev–Trinajstić information content (AvgIpc) is 2.94. The SMILES string of the molecule is Cc1c(Cl)c(C(F)(F)F)nn1C(C=O)N1CCC(O)(c2ccccc2)CC1. The average molecular weight is 402 g/mol. The third-order valence-electron chi connectivity index (χ3n) is 5.03. The van der Waals surface area contributed by atoms with Crippen molar-refractivity contribution in [3.8, 4) is 0 Å². The Hall–Kier alpha value is -1.90. The summed E-state index contributed by atoms with van der Waals surface area (Å²) in [5.41, 5.74) is -1.37. The van der Waals surface area contributed by atoms with E-state index in [1.165, 1.54) is 6.92 Å². The van der Waals surface area contributed by atoms with Crippen LogP contribution in [0.15, 0.2) is 30.3 Å². The fourth-order valence-corrected chi connectivity index (χ4v) is 3.66. The zero-order valence-corrected chi connectivity index (χ0v) is 15.3. The molecule has 146 valence electrons. The maximum absolute atomic E-state index is 13.0. The van der Waals surface area contributed by atoms with Crippen LogP contribution in [0.3, 0.4) is 0 Å². The smallest absolute Gasteiger partial charge is 0.385 e. The summed E-state index contributed by atoms with van der Waals surface area (Å²) in [5.74, 6) is 0. The molecule has 3 rings (SSSR count). The normalized spacial score (nSPS) is 19.0. The van der Waals surface area contributed by atoms with E-state index in [-0.39, 0.29) is 5.69 Å². The molecule has 27 heavy (non-hydrogen) atoms. The third kappa shape index (κ3) is 3.74. The van der Waals surface area contributed by atoms with Crippen LogP contribution in [0.1, 0.15) is 36.0 Å². The van der Waals surface area contributed by atoms with Gasteiger partial charge in [-0.25, -0.2) is 4.68 Å². The summed E-state index contributed by atoms with van der Waals surface area (Å²) >= 11 is 5.79. The summed E-state index contributed by atoms with van der Waals surface area (Å²) in [6.07, 6.45) is -4.47. The van der Waals surface area contributed by atoms with Gasteiger partial charge in [-0.15, -0.1) is 0 Å². The van der Waals surface area contributed by atoms with E-state index < -0.39 is 28.7 Å². The molecule has 1 unspecified atom stereocenters. The lowest BCUT2D eigenvalue weighted by Gasteiger charge is -2.40. The van der Waals surface area contributed by atoms with Gasteiger partial charge in [0.05, 0.1) is 16.3 Å². The van der Waals surface area contributed by atoms with E-state index in [2.05, 4.69) is 5.10 Å². The van der Waals surface area contributed by atoms with Crippen molar-refractivity contribution in [2.75, 3.05) is 13.1 Å². The number of carbonyl (C=O) groups excluding carboxylic acids is 1. The molecule has 1 aromatic carbocycles. The lowest BCUT2D eigenvalue weighted by atomic mass is 9.84. The van der Waals surface area contributed by atoms with Crippen LogP contribution >= 0.6 is 11.6 Å². The van der Waals surface area contributed by atoms with Gasteiger partial charge in [0, 0.05) is 13.1 Å². The summed E-state index contributed by atoms with van der Waals surface area (Å²) in [6.45, 7) is 2.05. The Morgan fingerprint density at radius 1 is 1.26 bits per heavy atom. The lowest BCUT2D eigenvalue weighted by molar-refractivity contribution is -0.142. The molecule has 1 fully saturated rings. The third-order valence-corrected chi connectivity index (χ3v) is 5.48. The topological polar surface area (TPSA) is 58.4 Å². The highest BCUT2D eigenvalue weighted by Crippen LogP contribution is 2.38. The highest BCUT2D eigenvalue weighted by Gasteiger charge is 2.41. The first-order chi connectivity index (χ1) is 12.7. The van der Waals surface area contributed by atoms with Crippen LogP contribution in [-0.4, -0.2) is 39.2 Å². The quantitative estimate of drug-likeness (QED) is 0.796. The number of rotatable bonds is 4. The minimum absolute atomic E-state index is 0.0741. The van der Waals surface area contributed by atoms with Gasteiger partial charge in [0.1, 0.15) is 0 Å². The van der Waals surface area contributed by atoms with Gasteiger partial charge in [0.15, 0.2) is 18.1 Å². The number of benzene rings is 1. The van der Waals surface area contributed by atoms with Crippen molar-refractivity contribution in [3.05, 3.63) is 52.3 Å². The molecule has 9 heteroatoms. The van der Waals surface area contributed by atoms with Crippen molar-refractivity contribution < 1.29 is 23.1 Å². The van der Waals surface area contributed by atoms with E-state index in [0.29, 0.717) is 32.2 Å². The second-order valence-corrected chi connectivity index (χ2v) is 7.05. The number of halogens is 4. The van der Waals surface area contributed by atoms with Crippen molar-refractivity contribution in [2.24, 2.45) is 0 Å². The molecular weight excluding hydrogens is 383 g/mol. The number of nitrogens with zero attached hydrogens (tertiary/aromatic N) is 3. The van der Waals surface area contributed by atoms with Crippen LogP contribution < -0.4 is 0 Å². The molecule has 1 aliphatic rings. The highest BCUT2D eigenvalue weighted by molar-refractivity contribution is 6.32. The van der Waals surface area contributed by atoms with Crippen LogP contribution in [0, 0.1) is 6.92 Å². The van der Waals surface area contributed by atoms with Crippen molar-refractivity contribution >= 4 is 17.9 Å². The van der Waals surface area contributed by atoms with Crippen LogP contribution in [0.2, 0.25) is 5.02 Å². The van der Waals surface area contributed by atoms with Crippen LogP contribution in [-0.2, 0) is 16.6 Å². The van der Waals surface area contributed by atoms with Gasteiger partial charge >= 0.3 is 6.18 Å². The number of aliphatic hydroxyl groups is 1. The van der Waals surface area contributed by atoms with E-state index >= 15 is 0 Å². The maximum Gasteiger partial charge on any atom is 0.436 e. The molecule has 2 heterocycles. The first-order valence-corrected chi connectivity index (χ1v) is 8.84. The summed E-state index contributed by atoms with van der Waals surface area (Å²) in [6, 6.07) is 9.19. The number of likely N-dealkylation sites (tertiary alicyclic amines) is 1. The number of hydrogen-bond donors (Lipinski definition) is 1. The van der Waals surface area contributed by atoms with Gasteiger partial charge in [0.2, 0.25) is 0 Å². The number of aldehydes is 1. The summed E-state index contributed by atoms with van der Waals surface area (Å²) in [7, 11) is 0. The van der Waals surface area contributed by atoms with Gasteiger partial charge in [-0.05, 0) is 25.3 Å². The molecule has 0 saturated carbocycles. The van der Waals surface area contributed by atoms with Gasteiger partial charge in [-0.3, -0.25) is 9.69 Å². The monoisotopic (exact) mass is 401 g/mol. The molecule has 1 N–H and O–H groups in total. The van der Waals surface area contributed by atoms with Crippen LogP contribution in [0.4, 0.5) is 13.2 Å². The Morgan fingerprint density at radius 2 is 1.85 bits per heavy atom. The van der Waals surface area contributed by atoms with E-state index in [1.807, 2.05) is 30.3 Å². The van der Waals surface area contributed by atoms with Crippen LogP contribution in [0.5, 0.6) is 0 Å². The standard InChI is InChI=1S/C18H19ClF3N3O2/c1-12-15(19)16(18(20,21)22)23-25(12)14(11-26)24-9-7-17(27,8-10-24)13-5-3-2-4-6-13/h2-6,11,14,27H,7-10H2,1H3. The van der Waals surface area contributed by atoms with Crippen molar-refractivity contribution in [2.45, 2.75) is 37.7 Å². The van der Waals surface area contributed by atoms with E-state index in [9.17, 15) is 23.1 Å². The first-order valence-electron chi connectivity index (χ1n) is 8.46. The molecule has 2 aromatic rings. The molecule has 0 aliphatic carbocycles. The number of carbonyl (C=O) groups is 1. The Morgan fingerprint density at radius 3 is 2.33 bits per heavy atom. The minimum Gasteiger partial charge on any atom is -0.385 e. The van der Waals surface area contributed by atoms with Crippen LogP contribution in [0.25, 0.3) is 0 Å². The Balaban J connectivity index is 1.82. The predicted molar refractivity (Wildman–Crippen MR) is 93.2 cm³/mol. The second-order valence-electron chi connectivity index (χ2n) is 6.67. The zero-order valence-electron chi connectivity index (χ0n) is 14.6. The molecule has 1 atom stereocenters. The van der Waals surface area contributed by atoms with E-state index in [0.717, 1.165) is 10.2 Å². The Kier molecular flexibility index (Phi) is 5.33. The first kappa shape index (κ1) is 19.9. The number of aromatic nitrogens is 2. The summed E-state index contributed by atoms with van der Waals surface area (Å²) < 4.78 is 40.1. The highest BCUT2D eigenvalue weighted by atomic mass is 35.5. The molecule has 1 aromatic heterocycles. The molecule has 1 saturated heterocycles. The molecule has 0 radical (unpaired) electrons. The van der Waals surface area contributed by atoms with Gasteiger partial charge in [0.25, 0.3) is 0 Å². The van der Waals surface area contributed by atoms with E-state index in [1.54, 1.807) is 4.90 Å². The fraction of sp³-hybridized carbons (Fsp3) is 0.444. The van der Waals surface area contributed by atoms with Gasteiger partial charge in [-0.1, -0.05) is 41.9 Å². The Bertz CT molecular complexity index is 815. The number of piperidine rings is 1. The van der Waals surface area contributed by atoms with Crippen molar-refractivity contribution in [1.29, 1.82) is 0 Å². The molecular formula is C18H19ClF3N3O2. The van der Waals surface area contributed by atoms with Crippen molar-refractivity contribution in [3.63, 3.8) is 0 Å². The molecule has 1 aliphatic heterocycles. The number of hydrogen-bond acceptors (Lipinski definition) is 4. The summed E-state index contributed by atoms with van der Waals surface area (Å²) in [4.78, 5) is 13.4. The molecule has 0 bridgehead atoms. The molecule has 0 amide bonds. The Labute approximate surface area is 159 Å². The van der Waals surface area contributed by atoms with Gasteiger partial charge < -0.3 is 5.11 Å². The fourth-order valence-electron chi connectivity index (χ4n) is 3.43. The molecule has 5 nitrogen and oxygen atoms in total. The van der Waals surface area contributed by atoms with Gasteiger partial charge in [-0.2, -0.15) is 18.3 Å². The van der Waals surface area contributed by atoms with E-state index in [4.69, 9.17) is 11.6 Å². The predicted octanol–water partition coefficient (Wildman–Crippen LogP) is 3.54. The largest absolute Gasteiger partial charge is 0.436 e. The van der Waals surface area contributed by atoms with Crippen molar-refractivity contribution in [1.82, 2.24) is 14.7 Å². The second kappa shape index (κ2) is 7.26. The maximum atomic E-state index is 13.0. The minimum atomic E-state index is -4.70. The zero-order chi connectivity index (χ0) is 19.8. The lowest BCUT2D eigenvalue weighted by Crippen LogP contribution is -2.46.